The number of hydrogen-bond acceptors (Lipinski definition) is 5. The van der Waals surface area contributed by atoms with E-state index in [-0.39, 0.29) is 17.2 Å². The zero-order chi connectivity index (χ0) is 20.0. The monoisotopic (exact) mass is 389 g/mol. The lowest BCUT2D eigenvalue weighted by atomic mass is 9.78. The van der Waals surface area contributed by atoms with Crippen LogP contribution in [0.5, 0.6) is 11.5 Å². The summed E-state index contributed by atoms with van der Waals surface area (Å²) in [6.07, 6.45) is 5.23. The number of carbonyl (C=O) groups is 2. The molecule has 27 heavy (non-hydrogen) atoms. The maximum Gasteiger partial charge on any atom is 0.249 e. The third kappa shape index (κ3) is 5.63. The van der Waals surface area contributed by atoms with Gasteiger partial charge in [0.2, 0.25) is 5.91 Å². The number of thiocarbonyl (C=S) groups is 1. The molecule has 1 amide bonds. The Balaban J connectivity index is 2.29. The Morgan fingerprint density at radius 3 is 2.67 bits per heavy atom. The first kappa shape index (κ1) is 21.1. The zero-order valence-electron chi connectivity index (χ0n) is 16.3. The van der Waals surface area contributed by atoms with Gasteiger partial charge < -0.3 is 19.6 Å². The molecule has 1 unspecified atom stereocenters. The molecule has 0 aromatic heterocycles. The minimum absolute atomic E-state index is 0.0341. The highest BCUT2D eigenvalue weighted by Crippen LogP contribution is 2.37. The van der Waals surface area contributed by atoms with Crippen LogP contribution in [0, 0.1) is 11.3 Å². The van der Waals surface area contributed by atoms with Gasteiger partial charge in [-0.25, -0.2) is 0 Å². The fourth-order valence-electron chi connectivity index (χ4n) is 3.40. The van der Waals surface area contributed by atoms with Gasteiger partial charge in [-0.2, -0.15) is 0 Å². The number of amides is 1. The SMILES string of the molecule is COc1ccc(/C2=C/C(=O)NC(=S)C(CC(C)(C)CC=O)CC2)c(OC)c1. The fourth-order valence-corrected chi connectivity index (χ4v) is 3.70. The topological polar surface area (TPSA) is 64.6 Å². The van der Waals surface area contributed by atoms with Crippen LogP contribution in [0.4, 0.5) is 0 Å². The number of allylic oxidation sites excluding steroid dienone is 1. The largest absolute Gasteiger partial charge is 0.497 e. The molecule has 0 saturated heterocycles. The Kier molecular flexibility index (Phi) is 7.13. The number of hydrogen-bond donors (Lipinski definition) is 1. The van der Waals surface area contributed by atoms with Crippen molar-refractivity contribution in [3.05, 3.63) is 29.8 Å². The van der Waals surface area contributed by atoms with Gasteiger partial charge in [-0.3, -0.25) is 4.79 Å². The molecule has 0 saturated carbocycles. The second-order valence-electron chi connectivity index (χ2n) is 7.56. The maximum atomic E-state index is 12.4. The molecule has 0 bridgehead atoms. The van der Waals surface area contributed by atoms with E-state index in [4.69, 9.17) is 21.7 Å². The molecule has 146 valence electrons. The molecule has 1 aliphatic rings. The van der Waals surface area contributed by atoms with Crippen molar-refractivity contribution in [2.24, 2.45) is 11.3 Å². The summed E-state index contributed by atoms with van der Waals surface area (Å²) in [5.74, 6) is 1.16. The second-order valence-corrected chi connectivity index (χ2v) is 8.00. The molecule has 5 nitrogen and oxygen atoms in total. The Labute approximate surface area is 166 Å². The van der Waals surface area contributed by atoms with Gasteiger partial charge in [-0.15, -0.1) is 0 Å². The first-order valence-corrected chi connectivity index (χ1v) is 9.42. The third-order valence-electron chi connectivity index (χ3n) is 4.87. The minimum Gasteiger partial charge on any atom is -0.497 e. The Morgan fingerprint density at radius 2 is 2.04 bits per heavy atom. The van der Waals surface area contributed by atoms with Crippen LogP contribution in [0.2, 0.25) is 0 Å². The van der Waals surface area contributed by atoms with Gasteiger partial charge in [0.25, 0.3) is 0 Å². The number of ether oxygens (including phenoxy) is 2. The van der Waals surface area contributed by atoms with E-state index in [1.54, 1.807) is 20.3 Å². The van der Waals surface area contributed by atoms with Gasteiger partial charge in [0.15, 0.2) is 0 Å². The molecule has 1 heterocycles. The van der Waals surface area contributed by atoms with Crippen LogP contribution in [-0.4, -0.2) is 31.4 Å². The zero-order valence-corrected chi connectivity index (χ0v) is 17.2. The smallest absolute Gasteiger partial charge is 0.249 e. The van der Waals surface area contributed by atoms with Gasteiger partial charge in [-0.05, 0) is 42.4 Å². The van der Waals surface area contributed by atoms with E-state index in [0.29, 0.717) is 29.3 Å². The normalized spacial score (nSPS) is 20.0. The van der Waals surface area contributed by atoms with Gasteiger partial charge >= 0.3 is 0 Å². The van der Waals surface area contributed by atoms with E-state index >= 15 is 0 Å². The summed E-state index contributed by atoms with van der Waals surface area (Å²) in [5, 5.41) is 2.82. The Morgan fingerprint density at radius 1 is 1.30 bits per heavy atom. The summed E-state index contributed by atoms with van der Waals surface area (Å²) in [6, 6.07) is 5.56. The van der Waals surface area contributed by atoms with Gasteiger partial charge in [0.1, 0.15) is 17.8 Å². The van der Waals surface area contributed by atoms with Crippen LogP contribution in [0.25, 0.3) is 5.57 Å². The van der Waals surface area contributed by atoms with E-state index in [9.17, 15) is 9.59 Å². The first-order valence-electron chi connectivity index (χ1n) is 9.01. The van der Waals surface area contributed by atoms with Crippen LogP contribution in [0.1, 0.15) is 45.1 Å². The highest BCUT2D eigenvalue weighted by molar-refractivity contribution is 7.80. The van der Waals surface area contributed by atoms with Crippen molar-refractivity contribution in [1.82, 2.24) is 5.32 Å². The van der Waals surface area contributed by atoms with Crippen molar-refractivity contribution >= 4 is 35.0 Å². The van der Waals surface area contributed by atoms with Gasteiger partial charge in [0, 0.05) is 30.0 Å². The van der Waals surface area contributed by atoms with E-state index in [0.717, 1.165) is 30.3 Å². The summed E-state index contributed by atoms with van der Waals surface area (Å²) in [5.41, 5.74) is 1.60. The Bertz CT molecular complexity index is 755. The molecule has 0 fully saturated rings. The number of carbonyl (C=O) groups excluding carboxylic acids is 2. The summed E-state index contributed by atoms with van der Waals surface area (Å²) in [6.45, 7) is 4.10. The average Bonchev–Trinajstić information content (AvgIpc) is 2.62. The molecule has 1 aliphatic heterocycles. The standard InChI is InChI=1S/C21H27NO4S/c1-21(2,9-10-23)13-15-6-5-14(11-19(24)22-20(15)27)17-8-7-16(25-3)12-18(17)26-4/h7-8,10-12,15H,5-6,9,13H2,1-4H3,(H,22,24,27)/b14-11+. The van der Waals surface area contributed by atoms with E-state index in [1.807, 2.05) is 32.0 Å². The van der Waals surface area contributed by atoms with Crippen LogP contribution in [0.3, 0.4) is 0 Å². The molecule has 0 radical (unpaired) electrons. The predicted octanol–water partition coefficient (Wildman–Crippen LogP) is 3.95. The Hall–Kier alpha value is -2.21. The van der Waals surface area contributed by atoms with Crippen molar-refractivity contribution in [1.29, 1.82) is 0 Å². The van der Waals surface area contributed by atoms with Gasteiger partial charge in [-0.1, -0.05) is 26.1 Å². The number of aldehydes is 1. The lowest BCUT2D eigenvalue weighted by Gasteiger charge is -2.30. The average molecular weight is 390 g/mol. The van der Waals surface area contributed by atoms with Crippen molar-refractivity contribution in [2.45, 2.75) is 39.5 Å². The van der Waals surface area contributed by atoms with Crippen LogP contribution in [0.15, 0.2) is 24.3 Å². The highest BCUT2D eigenvalue weighted by Gasteiger charge is 2.28. The summed E-state index contributed by atoms with van der Waals surface area (Å²) < 4.78 is 10.7. The van der Waals surface area contributed by atoms with Crippen LogP contribution >= 0.6 is 12.2 Å². The molecule has 1 aromatic rings. The summed E-state index contributed by atoms with van der Waals surface area (Å²) >= 11 is 5.45. The van der Waals surface area contributed by atoms with Crippen molar-refractivity contribution in [3.63, 3.8) is 0 Å². The quantitative estimate of drug-likeness (QED) is 0.565. The number of rotatable bonds is 7. The molecular weight excluding hydrogens is 362 g/mol. The molecular formula is C21H27NO4S. The van der Waals surface area contributed by atoms with Crippen molar-refractivity contribution < 1.29 is 19.1 Å². The number of nitrogens with one attached hydrogen (secondary N) is 1. The molecule has 1 atom stereocenters. The van der Waals surface area contributed by atoms with Crippen molar-refractivity contribution in [2.75, 3.05) is 14.2 Å². The third-order valence-corrected chi connectivity index (χ3v) is 5.31. The fraction of sp³-hybridized carbons (Fsp3) is 0.476. The summed E-state index contributed by atoms with van der Waals surface area (Å²) in [4.78, 5) is 23.9. The second kappa shape index (κ2) is 9.13. The number of benzene rings is 1. The molecule has 6 heteroatoms. The van der Waals surface area contributed by atoms with Crippen molar-refractivity contribution in [3.8, 4) is 11.5 Å². The molecule has 2 rings (SSSR count). The highest BCUT2D eigenvalue weighted by atomic mass is 32.1. The first-order chi connectivity index (χ1) is 12.8. The molecule has 1 N–H and O–H groups in total. The predicted molar refractivity (Wildman–Crippen MR) is 110 cm³/mol. The van der Waals surface area contributed by atoms with E-state index < -0.39 is 0 Å². The van der Waals surface area contributed by atoms with Crippen LogP contribution in [-0.2, 0) is 9.59 Å². The van der Waals surface area contributed by atoms with E-state index in [1.165, 1.54) is 0 Å². The lowest BCUT2D eigenvalue weighted by molar-refractivity contribution is -0.115. The number of methoxy groups -OCH3 is 2. The maximum absolute atomic E-state index is 12.4. The van der Waals surface area contributed by atoms with Gasteiger partial charge in [0.05, 0.1) is 19.2 Å². The molecule has 0 spiro atoms. The molecule has 1 aromatic carbocycles. The lowest BCUT2D eigenvalue weighted by Crippen LogP contribution is -2.36. The molecule has 0 aliphatic carbocycles. The van der Waals surface area contributed by atoms with E-state index in [2.05, 4.69) is 5.32 Å². The van der Waals surface area contributed by atoms with Crippen LogP contribution < -0.4 is 14.8 Å². The minimum atomic E-state index is -0.231. The summed E-state index contributed by atoms with van der Waals surface area (Å²) in [7, 11) is 3.20.